The average molecular weight is 391 g/mol. The lowest BCUT2D eigenvalue weighted by molar-refractivity contribution is 0.169. The maximum Gasteiger partial charge on any atom is 0.317 e. The molecular weight excluding hydrogens is 352 g/mol. The van der Waals surface area contributed by atoms with Gasteiger partial charge >= 0.3 is 6.03 Å². The predicted molar refractivity (Wildman–Crippen MR) is 116 cm³/mol. The van der Waals surface area contributed by atoms with Crippen LogP contribution in [0.5, 0.6) is 5.75 Å². The largest absolute Gasteiger partial charge is 0.495 e. The number of ether oxygens (including phenoxy) is 1. The molecule has 6 heteroatoms. The average Bonchev–Trinajstić information content (AvgIpc) is 2.72. The summed E-state index contributed by atoms with van der Waals surface area (Å²) in [6.07, 6.45) is 1.10. The van der Waals surface area contributed by atoms with Crippen molar-refractivity contribution in [3.8, 4) is 5.75 Å². The van der Waals surface area contributed by atoms with Gasteiger partial charge in [0.2, 0.25) is 0 Å². The number of piperazine rings is 1. The van der Waals surface area contributed by atoms with Crippen LogP contribution < -0.4 is 15.0 Å². The Morgan fingerprint density at radius 2 is 1.79 bits per heavy atom. The van der Waals surface area contributed by atoms with Crippen LogP contribution in [0.4, 0.5) is 10.5 Å². The Bertz CT molecular complexity index is 596. The minimum absolute atomic E-state index is 0.0561. The Morgan fingerprint density at radius 1 is 1.14 bits per heavy atom. The molecule has 1 unspecified atom stereocenters. The van der Waals surface area contributed by atoms with E-state index in [1.54, 1.807) is 7.11 Å². The highest BCUT2D eigenvalue weighted by atomic mass is 16.5. The van der Waals surface area contributed by atoms with E-state index in [0.29, 0.717) is 18.5 Å². The summed E-state index contributed by atoms with van der Waals surface area (Å²) in [5, 5.41) is 3.19. The third-order valence-corrected chi connectivity index (χ3v) is 5.55. The molecule has 1 aromatic carbocycles. The van der Waals surface area contributed by atoms with Crippen LogP contribution in [0.3, 0.4) is 0 Å². The van der Waals surface area contributed by atoms with Crippen LogP contribution in [0.1, 0.15) is 34.1 Å². The lowest BCUT2D eigenvalue weighted by Crippen LogP contribution is -2.54. The molecule has 1 aromatic rings. The molecule has 1 aliphatic heterocycles. The molecule has 0 radical (unpaired) electrons. The quantitative estimate of drug-likeness (QED) is 0.703. The normalized spacial score (nSPS) is 15.8. The Labute approximate surface area is 170 Å². The second kappa shape index (κ2) is 11.1. The monoisotopic (exact) mass is 390 g/mol. The second-order valence-corrected chi connectivity index (χ2v) is 7.84. The second-order valence-electron chi connectivity index (χ2n) is 7.84. The number of anilines is 1. The number of benzene rings is 1. The molecule has 1 N–H and O–H groups in total. The van der Waals surface area contributed by atoms with Gasteiger partial charge in [0.05, 0.1) is 12.8 Å². The van der Waals surface area contributed by atoms with Gasteiger partial charge in [0.1, 0.15) is 5.75 Å². The number of carbonyl (C=O) groups excluding carboxylic acids is 1. The first-order valence-corrected chi connectivity index (χ1v) is 10.6. The molecule has 0 bridgehead atoms. The lowest BCUT2D eigenvalue weighted by atomic mass is 10.0. The van der Waals surface area contributed by atoms with Crippen molar-refractivity contribution in [2.75, 3.05) is 57.8 Å². The van der Waals surface area contributed by atoms with Gasteiger partial charge in [0.25, 0.3) is 0 Å². The molecule has 0 aliphatic carbocycles. The number of urea groups is 1. The Morgan fingerprint density at radius 3 is 2.36 bits per heavy atom. The highest BCUT2D eigenvalue weighted by Gasteiger charge is 2.24. The standard InChI is InChI=1S/C22H38N4O2/c1-6-24(7-2)19(16-18(3)4)17-23-22(27)26-14-12-25(13-15-26)20-10-8-9-11-21(20)28-5/h8-11,18-19H,6-7,12-17H2,1-5H3,(H,23,27). The number of hydrogen-bond acceptors (Lipinski definition) is 4. The number of methoxy groups -OCH3 is 1. The number of likely N-dealkylation sites (N-methyl/N-ethyl adjacent to an activating group) is 1. The van der Waals surface area contributed by atoms with Crippen molar-refractivity contribution >= 4 is 11.7 Å². The Balaban J connectivity index is 1.87. The van der Waals surface area contributed by atoms with Crippen molar-refractivity contribution < 1.29 is 9.53 Å². The summed E-state index contributed by atoms with van der Waals surface area (Å²) in [4.78, 5) is 19.4. The zero-order chi connectivity index (χ0) is 20.5. The fourth-order valence-corrected chi connectivity index (χ4v) is 4.00. The number of rotatable bonds is 9. The highest BCUT2D eigenvalue weighted by molar-refractivity contribution is 5.74. The topological polar surface area (TPSA) is 48.1 Å². The molecule has 0 saturated carbocycles. The summed E-state index contributed by atoms with van der Waals surface area (Å²) in [5.41, 5.74) is 1.10. The summed E-state index contributed by atoms with van der Waals surface area (Å²) in [6, 6.07) is 8.52. The van der Waals surface area contributed by atoms with Gasteiger partial charge in [-0.25, -0.2) is 4.79 Å². The molecular formula is C22H38N4O2. The van der Waals surface area contributed by atoms with Crippen molar-refractivity contribution in [1.29, 1.82) is 0 Å². The summed E-state index contributed by atoms with van der Waals surface area (Å²) in [5.74, 6) is 1.50. The van der Waals surface area contributed by atoms with E-state index in [1.165, 1.54) is 0 Å². The van der Waals surface area contributed by atoms with Crippen LogP contribution in [0.15, 0.2) is 24.3 Å². The molecule has 2 amide bonds. The zero-order valence-corrected chi connectivity index (χ0v) is 18.3. The van der Waals surface area contributed by atoms with E-state index < -0.39 is 0 Å². The molecule has 1 saturated heterocycles. The van der Waals surface area contributed by atoms with E-state index in [1.807, 2.05) is 23.1 Å². The smallest absolute Gasteiger partial charge is 0.317 e. The number of nitrogens with zero attached hydrogens (tertiary/aromatic N) is 3. The number of para-hydroxylation sites is 2. The molecule has 158 valence electrons. The predicted octanol–water partition coefficient (Wildman–Crippen LogP) is 3.28. The van der Waals surface area contributed by atoms with Gasteiger partial charge in [-0.15, -0.1) is 0 Å². The number of hydrogen-bond donors (Lipinski definition) is 1. The molecule has 1 aliphatic rings. The van der Waals surface area contributed by atoms with Crippen molar-refractivity contribution in [2.45, 2.75) is 40.2 Å². The molecule has 1 heterocycles. The molecule has 28 heavy (non-hydrogen) atoms. The van der Waals surface area contributed by atoms with E-state index in [-0.39, 0.29) is 6.03 Å². The van der Waals surface area contributed by atoms with Gasteiger partial charge in [-0.1, -0.05) is 39.8 Å². The molecule has 1 atom stereocenters. The Hall–Kier alpha value is -1.95. The van der Waals surface area contributed by atoms with Gasteiger partial charge < -0.3 is 19.9 Å². The van der Waals surface area contributed by atoms with E-state index >= 15 is 0 Å². The third kappa shape index (κ3) is 6.03. The van der Waals surface area contributed by atoms with Gasteiger partial charge in [-0.2, -0.15) is 0 Å². The first-order chi connectivity index (χ1) is 13.5. The molecule has 0 aromatic heterocycles. The van der Waals surface area contributed by atoms with Crippen molar-refractivity contribution in [2.24, 2.45) is 5.92 Å². The Kier molecular flexibility index (Phi) is 8.90. The van der Waals surface area contributed by atoms with Crippen LogP contribution in [0, 0.1) is 5.92 Å². The van der Waals surface area contributed by atoms with Crippen LogP contribution in [-0.2, 0) is 0 Å². The third-order valence-electron chi connectivity index (χ3n) is 5.55. The fraction of sp³-hybridized carbons (Fsp3) is 0.682. The van der Waals surface area contributed by atoms with E-state index in [9.17, 15) is 4.79 Å². The maximum absolute atomic E-state index is 12.7. The molecule has 1 fully saturated rings. The van der Waals surface area contributed by atoms with E-state index in [0.717, 1.165) is 57.1 Å². The number of carbonyl (C=O) groups is 1. The van der Waals surface area contributed by atoms with Crippen LogP contribution >= 0.6 is 0 Å². The van der Waals surface area contributed by atoms with Gasteiger partial charge in [0, 0.05) is 38.8 Å². The van der Waals surface area contributed by atoms with Crippen LogP contribution in [0.25, 0.3) is 0 Å². The lowest BCUT2D eigenvalue weighted by Gasteiger charge is -2.37. The first kappa shape index (κ1) is 22.3. The van der Waals surface area contributed by atoms with E-state index in [2.05, 4.69) is 48.9 Å². The van der Waals surface area contributed by atoms with Gasteiger partial charge in [0.15, 0.2) is 0 Å². The minimum atomic E-state index is 0.0561. The number of nitrogens with one attached hydrogen (secondary N) is 1. The molecule has 0 spiro atoms. The van der Waals surface area contributed by atoms with Crippen LogP contribution in [-0.4, -0.2) is 74.8 Å². The van der Waals surface area contributed by atoms with Gasteiger partial charge in [-0.05, 0) is 37.6 Å². The van der Waals surface area contributed by atoms with Crippen LogP contribution in [0.2, 0.25) is 0 Å². The molecule has 6 nitrogen and oxygen atoms in total. The summed E-state index contributed by atoms with van der Waals surface area (Å²) in [6.45, 7) is 14.7. The highest BCUT2D eigenvalue weighted by Crippen LogP contribution is 2.28. The molecule has 2 rings (SSSR count). The maximum atomic E-state index is 12.7. The summed E-state index contributed by atoms with van der Waals surface area (Å²) >= 11 is 0. The SMILES string of the molecule is CCN(CC)C(CNC(=O)N1CCN(c2ccccc2OC)CC1)CC(C)C. The first-order valence-electron chi connectivity index (χ1n) is 10.6. The van der Waals surface area contributed by atoms with Crippen molar-refractivity contribution in [3.05, 3.63) is 24.3 Å². The van der Waals surface area contributed by atoms with Crippen molar-refractivity contribution in [3.63, 3.8) is 0 Å². The van der Waals surface area contributed by atoms with Crippen molar-refractivity contribution in [1.82, 2.24) is 15.1 Å². The number of amides is 2. The minimum Gasteiger partial charge on any atom is -0.495 e. The van der Waals surface area contributed by atoms with Gasteiger partial charge in [-0.3, -0.25) is 4.90 Å². The zero-order valence-electron chi connectivity index (χ0n) is 18.3. The summed E-state index contributed by atoms with van der Waals surface area (Å²) < 4.78 is 5.47. The summed E-state index contributed by atoms with van der Waals surface area (Å²) in [7, 11) is 1.70. The van der Waals surface area contributed by atoms with E-state index in [4.69, 9.17) is 4.74 Å². The fourth-order valence-electron chi connectivity index (χ4n) is 4.00.